The van der Waals surface area contributed by atoms with Gasteiger partial charge in [0.15, 0.2) is 0 Å². The summed E-state index contributed by atoms with van der Waals surface area (Å²) in [6, 6.07) is 8.67. The standard InChI is InChI=1S/C16H17FN2OS/c17-14-3-1-11(2-4-14)12-5-6-19(8-12)9-15-7-13(10-21-15)16(18)20/h1-4,7,10,12H,5-6,8-9H2,(H2,18,20)/t12-/m1/s1. The van der Waals surface area contributed by atoms with E-state index in [1.807, 2.05) is 23.6 Å². The third kappa shape index (κ3) is 3.31. The van der Waals surface area contributed by atoms with Crippen LogP contribution < -0.4 is 5.73 Å². The number of rotatable bonds is 4. The van der Waals surface area contributed by atoms with Crippen LogP contribution in [-0.4, -0.2) is 23.9 Å². The molecular weight excluding hydrogens is 287 g/mol. The number of hydrogen-bond acceptors (Lipinski definition) is 3. The van der Waals surface area contributed by atoms with Crippen molar-refractivity contribution in [2.75, 3.05) is 13.1 Å². The predicted molar refractivity (Wildman–Crippen MR) is 81.9 cm³/mol. The first-order valence-electron chi connectivity index (χ1n) is 6.97. The minimum atomic E-state index is -0.372. The summed E-state index contributed by atoms with van der Waals surface area (Å²) in [7, 11) is 0. The lowest BCUT2D eigenvalue weighted by molar-refractivity contribution is 0.100. The Labute approximate surface area is 127 Å². The number of nitrogens with zero attached hydrogens (tertiary/aromatic N) is 1. The molecule has 0 spiro atoms. The molecule has 0 radical (unpaired) electrons. The van der Waals surface area contributed by atoms with Gasteiger partial charge in [0, 0.05) is 23.3 Å². The minimum absolute atomic E-state index is 0.189. The van der Waals surface area contributed by atoms with Crippen molar-refractivity contribution in [2.24, 2.45) is 5.73 Å². The molecule has 2 aromatic rings. The molecule has 2 heterocycles. The number of primary amides is 1. The molecule has 21 heavy (non-hydrogen) atoms. The summed E-state index contributed by atoms with van der Waals surface area (Å²) in [5.74, 6) is -0.101. The fraction of sp³-hybridized carbons (Fsp3) is 0.312. The molecule has 0 unspecified atom stereocenters. The van der Waals surface area contributed by atoms with Gasteiger partial charge in [-0.2, -0.15) is 0 Å². The number of likely N-dealkylation sites (tertiary alicyclic amines) is 1. The summed E-state index contributed by atoms with van der Waals surface area (Å²) in [5.41, 5.74) is 7.05. The largest absolute Gasteiger partial charge is 0.366 e. The van der Waals surface area contributed by atoms with Gasteiger partial charge in [-0.1, -0.05) is 12.1 Å². The van der Waals surface area contributed by atoms with Gasteiger partial charge in [-0.15, -0.1) is 11.3 Å². The van der Waals surface area contributed by atoms with E-state index in [0.717, 1.165) is 30.9 Å². The second-order valence-corrected chi connectivity index (χ2v) is 6.43. The normalized spacial score (nSPS) is 19.0. The van der Waals surface area contributed by atoms with E-state index in [4.69, 9.17) is 5.73 Å². The monoisotopic (exact) mass is 304 g/mol. The molecule has 1 aromatic heterocycles. The molecule has 1 atom stereocenters. The molecule has 110 valence electrons. The third-order valence-corrected chi connectivity index (χ3v) is 4.85. The van der Waals surface area contributed by atoms with E-state index < -0.39 is 0 Å². The molecular formula is C16H17FN2OS. The van der Waals surface area contributed by atoms with Crippen molar-refractivity contribution in [1.82, 2.24) is 4.90 Å². The number of thiophene rings is 1. The molecule has 1 amide bonds. The Hall–Kier alpha value is -1.72. The average Bonchev–Trinajstić information content (AvgIpc) is 3.10. The fourth-order valence-electron chi connectivity index (χ4n) is 2.80. The van der Waals surface area contributed by atoms with Crippen LogP contribution >= 0.6 is 11.3 Å². The molecule has 1 fully saturated rings. The average molecular weight is 304 g/mol. The number of nitrogens with two attached hydrogens (primary N) is 1. The molecule has 0 saturated carbocycles. The van der Waals surface area contributed by atoms with Crippen molar-refractivity contribution >= 4 is 17.2 Å². The number of carbonyl (C=O) groups is 1. The summed E-state index contributed by atoms with van der Waals surface area (Å²) in [4.78, 5) is 14.6. The smallest absolute Gasteiger partial charge is 0.249 e. The summed E-state index contributed by atoms with van der Waals surface area (Å²) in [6.45, 7) is 2.83. The van der Waals surface area contributed by atoms with Crippen molar-refractivity contribution in [2.45, 2.75) is 18.9 Å². The Bertz CT molecular complexity index is 638. The Morgan fingerprint density at radius 1 is 1.38 bits per heavy atom. The van der Waals surface area contributed by atoms with Crippen LogP contribution in [0.25, 0.3) is 0 Å². The Balaban J connectivity index is 1.61. The van der Waals surface area contributed by atoms with Gasteiger partial charge in [0.1, 0.15) is 5.82 Å². The van der Waals surface area contributed by atoms with Crippen molar-refractivity contribution < 1.29 is 9.18 Å². The van der Waals surface area contributed by atoms with Crippen LogP contribution in [0.15, 0.2) is 35.7 Å². The number of hydrogen-bond donors (Lipinski definition) is 1. The van der Waals surface area contributed by atoms with Crippen LogP contribution in [0.2, 0.25) is 0 Å². The van der Waals surface area contributed by atoms with Gasteiger partial charge in [0.2, 0.25) is 5.91 Å². The summed E-state index contributed by atoms with van der Waals surface area (Å²) in [6.07, 6.45) is 1.08. The lowest BCUT2D eigenvalue weighted by atomic mass is 9.99. The van der Waals surface area contributed by atoms with Crippen molar-refractivity contribution in [3.63, 3.8) is 0 Å². The second-order valence-electron chi connectivity index (χ2n) is 5.44. The first-order valence-corrected chi connectivity index (χ1v) is 7.85. The molecule has 1 saturated heterocycles. The number of halogens is 1. The second kappa shape index (κ2) is 5.95. The highest BCUT2D eigenvalue weighted by molar-refractivity contribution is 7.10. The van der Waals surface area contributed by atoms with Crippen LogP contribution in [-0.2, 0) is 6.54 Å². The lowest BCUT2D eigenvalue weighted by Gasteiger charge is -2.15. The zero-order valence-electron chi connectivity index (χ0n) is 11.6. The summed E-state index contributed by atoms with van der Waals surface area (Å²) in [5, 5.41) is 1.81. The van der Waals surface area contributed by atoms with Gasteiger partial charge in [-0.3, -0.25) is 9.69 Å². The van der Waals surface area contributed by atoms with Gasteiger partial charge in [-0.05, 0) is 42.6 Å². The van der Waals surface area contributed by atoms with E-state index in [-0.39, 0.29) is 11.7 Å². The van der Waals surface area contributed by atoms with E-state index in [1.165, 1.54) is 17.7 Å². The molecule has 1 aliphatic rings. The maximum Gasteiger partial charge on any atom is 0.249 e. The van der Waals surface area contributed by atoms with Crippen molar-refractivity contribution in [3.05, 3.63) is 57.5 Å². The van der Waals surface area contributed by atoms with E-state index in [9.17, 15) is 9.18 Å². The minimum Gasteiger partial charge on any atom is -0.366 e. The number of carbonyl (C=O) groups excluding carboxylic acids is 1. The van der Waals surface area contributed by atoms with E-state index in [1.54, 1.807) is 11.3 Å². The van der Waals surface area contributed by atoms with E-state index in [0.29, 0.717) is 11.5 Å². The molecule has 1 aromatic carbocycles. The first-order chi connectivity index (χ1) is 10.1. The molecule has 0 bridgehead atoms. The molecule has 3 nitrogen and oxygen atoms in total. The quantitative estimate of drug-likeness (QED) is 0.944. The SMILES string of the molecule is NC(=O)c1csc(CN2CC[C@@H](c3ccc(F)cc3)C2)c1. The molecule has 2 N–H and O–H groups in total. The van der Waals surface area contributed by atoms with Gasteiger partial charge in [0.25, 0.3) is 0 Å². The maximum absolute atomic E-state index is 13.0. The molecule has 3 rings (SSSR count). The van der Waals surface area contributed by atoms with Gasteiger partial charge in [-0.25, -0.2) is 4.39 Å². The van der Waals surface area contributed by atoms with Crippen LogP contribution in [0, 0.1) is 5.82 Å². The highest BCUT2D eigenvalue weighted by Crippen LogP contribution is 2.29. The summed E-state index contributed by atoms with van der Waals surface area (Å²) >= 11 is 1.57. The number of amides is 1. The molecule has 5 heteroatoms. The van der Waals surface area contributed by atoms with Crippen LogP contribution in [0.4, 0.5) is 4.39 Å². The van der Waals surface area contributed by atoms with E-state index in [2.05, 4.69) is 4.90 Å². The fourth-order valence-corrected chi connectivity index (χ4v) is 3.71. The van der Waals surface area contributed by atoms with E-state index >= 15 is 0 Å². The number of benzene rings is 1. The van der Waals surface area contributed by atoms with Crippen molar-refractivity contribution in [3.8, 4) is 0 Å². The topological polar surface area (TPSA) is 46.3 Å². The van der Waals surface area contributed by atoms with Gasteiger partial charge >= 0.3 is 0 Å². The van der Waals surface area contributed by atoms with Gasteiger partial charge in [0.05, 0.1) is 5.56 Å². The first kappa shape index (κ1) is 14.2. The zero-order chi connectivity index (χ0) is 14.8. The predicted octanol–water partition coefficient (Wildman–Crippen LogP) is 2.98. The van der Waals surface area contributed by atoms with Crippen LogP contribution in [0.5, 0.6) is 0 Å². The Kier molecular flexibility index (Phi) is 4.03. The highest BCUT2D eigenvalue weighted by Gasteiger charge is 2.24. The molecule has 0 aliphatic carbocycles. The Morgan fingerprint density at radius 3 is 2.81 bits per heavy atom. The zero-order valence-corrected chi connectivity index (χ0v) is 12.4. The van der Waals surface area contributed by atoms with Crippen LogP contribution in [0.1, 0.15) is 33.1 Å². The lowest BCUT2D eigenvalue weighted by Crippen LogP contribution is -2.19. The van der Waals surface area contributed by atoms with Gasteiger partial charge < -0.3 is 5.73 Å². The van der Waals surface area contributed by atoms with Crippen molar-refractivity contribution in [1.29, 1.82) is 0 Å². The third-order valence-electron chi connectivity index (χ3n) is 3.93. The summed E-state index contributed by atoms with van der Waals surface area (Å²) < 4.78 is 13.0. The van der Waals surface area contributed by atoms with Crippen LogP contribution in [0.3, 0.4) is 0 Å². The highest BCUT2D eigenvalue weighted by atomic mass is 32.1. The molecule has 1 aliphatic heterocycles. The maximum atomic E-state index is 13.0. The Morgan fingerprint density at radius 2 is 2.14 bits per heavy atom.